The summed E-state index contributed by atoms with van der Waals surface area (Å²) < 4.78 is 0. The molecular formula is C11H13NO2. The lowest BCUT2D eigenvalue weighted by atomic mass is 10.1. The lowest BCUT2D eigenvalue weighted by molar-refractivity contribution is -0.479. The van der Waals surface area contributed by atoms with Crippen molar-refractivity contribution in [1.82, 2.24) is 0 Å². The standard InChI is InChI=1S/C11H13NO2/c1-10(7-8-12(13)14)9-11-5-3-2-4-6-11/h2-6,9H,7-8H2,1H3/b10-9+. The van der Waals surface area contributed by atoms with Gasteiger partial charge >= 0.3 is 0 Å². The average molecular weight is 191 g/mol. The zero-order valence-electron chi connectivity index (χ0n) is 8.14. The summed E-state index contributed by atoms with van der Waals surface area (Å²) in [6, 6.07) is 9.81. The van der Waals surface area contributed by atoms with Crippen LogP contribution >= 0.6 is 0 Å². The van der Waals surface area contributed by atoms with E-state index in [2.05, 4.69) is 0 Å². The van der Waals surface area contributed by atoms with Crippen LogP contribution in [0.5, 0.6) is 0 Å². The molecule has 0 saturated heterocycles. The molecule has 0 amide bonds. The van der Waals surface area contributed by atoms with E-state index in [1.807, 2.05) is 43.3 Å². The van der Waals surface area contributed by atoms with Gasteiger partial charge in [0.2, 0.25) is 6.54 Å². The first-order valence-corrected chi connectivity index (χ1v) is 4.52. The summed E-state index contributed by atoms with van der Waals surface area (Å²) in [6.45, 7) is 1.92. The van der Waals surface area contributed by atoms with Crippen LogP contribution in [0.1, 0.15) is 18.9 Å². The normalized spacial score (nSPS) is 11.4. The number of nitrogens with zero attached hydrogens (tertiary/aromatic N) is 1. The van der Waals surface area contributed by atoms with Gasteiger partial charge < -0.3 is 0 Å². The van der Waals surface area contributed by atoms with Crippen LogP contribution in [0.3, 0.4) is 0 Å². The first kappa shape index (κ1) is 10.4. The van der Waals surface area contributed by atoms with E-state index in [0.717, 1.165) is 11.1 Å². The summed E-state index contributed by atoms with van der Waals surface area (Å²) in [7, 11) is 0. The van der Waals surface area contributed by atoms with Crippen LogP contribution in [0.15, 0.2) is 35.9 Å². The Labute approximate surface area is 83.2 Å². The summed E-state index contributed by atoms with van der Waals surface area (Å²) in [6.07, 6.45) is 2.49. The molecule has 0 aliphatic carbocycles. The highest BCUT2D eigenvalue weighted by Crippen LogP contribution is 2.08. The summed E-state index contributed by atoms with van der Waals surface area (Å²) in [5.41, 5.74) is 2.13. The molecule has 1 rings (SSSR count). The van der Waals surface area contributed by atoms with Gasteiger partial charge in [-0.3, -0.25) is 10.1 Å². The Morgan fingerprint density at radius 1 is 1.43 bits per heavy atom. The topological polar surface area (TPSA) is 43.1 Å². The van der Waals surface area contributed by atoms with Crippen molar-refractivity contribution in [3.8, 4) is 0 Å². The van der Waals surface area contributed by atoms with Gasteiger partial charge in [0, 0.05) is 11.3 Å². The average Bonchev–Trinajstić information content (AvgIpc) is 2.16. The van der Waals surface area contributed by atoms with Crippen molar-refractivity contribution in [3.05, 3.63) is 51.6 Å². The Balaban J connectivity index is 2.56. The van der Waals surface area contributed by atoms with Gasteiger partial charge in [-0.25, -0.2) is 0 Å². The molecule has 0 spiro atoms. The fraction of sp³-hybridized carbons (Fsp3) is 0.273. The van der Waals surface area contributed by atoms with Gasteiger partial charge in [-0.15, -0.1) is 0 Å². The maximum Gasteiger partial charge on any atom is 0.207 e. The Hall–Kier alpha value is -1.64. The van der Waals surface area contributed by atoms with E-state index >= 15 is 0 Å². The summed E-state index contributed by atoms with van der Waals surface area (Å²) in [5, 5.41) is 10.1. The van der Waals surface area contributed by atoms with Gasteiger partial charge in [0.25, 0.3) is 0 Å². The van der Waals surface area contributed by atoms with E-state index in [1.165, 1.54) is 0 Å². The van der Waals surface area contributed by atoms with Gasteiger partial charge in [-0.1, -0.05) is 42.0 Å². The van der Waals surface area contributed by atoms with Crippen molar-refractivity contribution in [2.24, 2.45) is 0 Å². The van der Waals surface area contributed by atoms with Crippen LogP contribution in [0.25, 0.3) is 6.08 Å². The molecule has 74 valence electrons. The number of benzene rings is 1. The van der Waals surface area contributed by atoms with E-state index in [0.29, 0.717) is 6.42 Å². The second-order valence-corrected chi connectivity index (χ2v) is 3.21. The highest BCUT2D eigenvalue weighted by Gasteiger charge is 1.98. The molecule has 0 aliphatic heterocycles. The second-order valence-electron chi connectivity index (χ2n) is 3.21. The number of nitro groups is 1. The third kappa shape index (κ3) is 3.85. The summed E-state index contributed by atoms with van der Waals surface area (Å²) in [4.78, 5) is 9.85. The van der Waals surface area contributed by atoms with Crippen molar-refractivity contribution in [1.29, 1.82) is 0 Å². The van der Waals surface area contributed by atoms with Gasteiger partial charge in [-0.2, -0.15) is 0 Å². The molecule has 1 aromatic rings. The highest BCUT2D eigenvalue weighted by molar-refractivity contribution is 5.51. The molecule has 0 radical (unpaired) electrons. The largest absolute Gasteiger partial charge is 0.265 e. The van der Waals surface area contributed by atoms with Crippen molar-refractivity contribution < 1.29 is 4.92 Å². The Bertz CT molecular complexity index is 330. The molecule has 14 heavy (non-hydrogen) atoms. The predicted molar refractivity (Wildman–Crippen MR) is 56.6 cm³/mol. The molecule has 0 heterocycles. The molecular weight excluding hydrogens is 178 g/mol. The molecule has 0 unspecified atom stereocenters. The molecule has 0 fully saturated rings. The number of hydrogen-bond donors (Lipinski definition) is 0. The summed E-state index contributed by atoms with van der Waals surface area (Å²) in [5.74, 6) is 0. The molecule has 0 N–H and O–H groups in total. The van der Waals surface area contributed by atoms with Crippen LogP contribution in [0.4, 0.5) is 0 Å². The molecule has 3 nitrogen and oxygen atoms in total. The first-order chi connectivity index (χ1) is 6.68. The van der Waals surface area contributed by atoms with Crippen LogP contribution in [-0.2, 0) is 0 Å². The van der Waals surface area contributed by atoms with E-state index in [4.69, 9.17) is 0 Å². The third-order valence-corrected chi connectivity index (χ3v) is 1.90. The minimum atomic E-state index is -0.289. The Morgan fingerprint density at radius 2 is 2.07 bits per heavy atom. The third-order valence-electron chi connectivity index (χ3n) is 1.90. The van der Waals surface area contributed by atoms with Crippen molar-refractivity contribution in [2.75, 3.05) is 6.54 Å². The quantitative estimate of drug-likeness (QED) is 0.542. The monoisotopic (exact) mass is 191 g/mol. The van der Waals surface area contributed by atoms with E-state index < -0.39 is 0 Å². The van der Waals surface area contributed by atoms with Gasteiger partial charge in [0.05, 0.1) is 0 Å². The minimum Gasteiger partial charge on any atom is -0.265 e. The van der Waals surface area contributed by atoms with Crippen LogP contribution in [0, 0.1) is 10.1 Å². The number of hydrogen-bond acceptors (Lipinski definition) is 2. The fourth-order valence-corrected chi connectivity index (χ4v) is 1.17. The second kappa shape index (κ2) is 5.17. The lowest BCUT2D eigenvalue weighted by Gasteiger charge is -1.97. The smallest absolute Gasteiger partial charge is 0.207 e. The lowest BCUT2D eigenvalue weighted by Crippen LogP contribution is -2.00. The fourth-order valence-electron chi connectivity index (χ4n) is 1.17. The first-order valence-electron chi connectivity index (χ1n) is 4.52. The molecule has 3 heteroatoms. The van der Waals surface area contributed by atoms with Gasteiger partial charge in [-0.05, 0) is 12.5 Å². The van der Waals surface area contributed by atoms with E-state index in [1.54, 1.807) is 0 Å². The highest BCUT2D eigenvalue weighted by atomic mass is 16.6. The van der Waals surface area contributed by atoms with Crippen LogP contribution < -0.4 is 0 Å². The zero-order chi connectivity index (χ0) is 10.4. The minimum absolute atomic E-state index is 0.00909. The van der Waals surface area contributed by atoms with Crippen molar-refractivity contribution in [3.63, 3.8) is 0 Å². The SMILES string of the molecule is C/C(=C\c1ccccc1)CC[N+](=O)[O-]. The summed E-state index contributed by atoms with van der Waals surface area (Å²) >= 11 is 0. The maximum atomic E-state index is 10.1. The molecule has 0 saturated carbocycles. The molecule has 0 atom stereocenters. The van der Waals surface area contributed by atoms with Crippen LogP contribution in [0.2, 0.25) is 0 Å². The molecule has 0 aliphatic rings. The van der Waals surface area contributed by atoms with E-state index in [9.17, 15) is 10.1 Å². The zero-order valence-corrected chi connectivity index (χ0v) is 8.14. The van der Waals surface area contributed by atoms with Gasteiger partial charge in [0.1, 0.15) is 0 Å². The predicted octanol–water partition coefficient (Wildman–Crippen LogP) is 2.76. The maximum absolute atomic E-state index is 10.1. The van der Waals surface area contributed by atoms with E-state index in [-0.39, 0.29) is 11.5 Å². The number of rotatable bonds is 4. The van der Waals surface area contributed by atoms with Crippen molar-refractivity contribution >= 4 is 6.08 Å². The van der Waals surface area contributed by atoms with Gasteiger partial charge in [0.15, 0.2) is 0 Å². The molecule has 0 bridgehead atoms. The Morgan fingerprint density at radius 3 is 2.64 bits per heavy atom. The molecule has 1 aromatic carbocycles. The van der Waals surface area contributed by atoms with Crippen LogP contribution in [-0.4, -0.2) is 11.5 Å². The molecule has 0 aromatic heterocycles. The van der Waals surface area contributed by atoms with Crippen molar-refractivity contribution in [2.45, 2.75) is 13.3 Å². The Kier molecular flexibility index (Phi) is 3.85.